The molecular weight excluding hydrogens is 210 g/mol. The Hall–Kier alpha value is -0.240. The summed E-state index contributed by atoms with van der Waals surface area (Å²) in [6.45, 7) is 0. The molecule has 0 aromatic heterocycles. The van der Waals surface area contributed by atoms with Crippen LogP contribution in [0.4, 0.5) is 0 Å². The minimum absolute atomic E-state index is 0.185. The van der Waals surface area contributed by atoms with Gasteiger partial charge in [-0.25, -0.2) is 0 Å². The van der Waals surface area contributed by atoms with Crippen LogP contribution in [0.15, 0.2) is 0 Å². The molecule has 0 heterocycles. The summed E-state index contributed by atoms with van der Waals surface area (Å²) >= 11 is 0. The fourth-order valence-corrected chi connectivity index (χ4v) is 3.54. The first-order valence-corrected chi connectivity index (χ1v) is 5.64. The molecule has 0 aromatic carbocycles. The lowest BCUT2D eigenvalue weighted by Gasteiger charge is -2.55. The van der Waals surface area contributed by atoms with Gasteiger partial charge < -0.3 is 31.3 Å². The fourth-order valence-electron chi connectivity index (χ4n) is 3.54. The molecule has 16 heavy (non-hydrogen) atoms. The highest BCUT2D eigenvalue weighted by molar-refractivity contribution is 5.28. The average molecular weight is 231 g/mol. The summed E-state index contributed by atoms with van der Waals surface area (Å²) in [5.74, 6) is -0.190. The van der Waals surface area contributed by atoms with Gasteiger partial charge in [0, 0.05) is 18.0 Å². The molecule has 0 aliphatic heterocycles. The lowest BCUT2D eigenvalue weighted by atomic mass is 9.62. The minimum Gasteiger partial charge on any atom is -0.390 e. The van der Waals surface area contributed by atoms with Crippen LogP contribution in [-0.4, -0.2) is 72.4 Å². The lowest BCUT2D eigenvalue weighted by Crippen LogP contribution is -2.78. The van der Waals surface area contributed by atoms with Crippen molar-refractivity contribution in [2.75, 3.05) is 21.1 Å². The summed E-state index contributed by atoms with van der Waals surface area (Å²) in [6.07, 6.45) is -1.56. The van der Waals surface area contributed by atoms with E-state index in [0.717, 1.165) is 0 Å². The quantitative estimate of drug-likeness (QED) is 0.307. The van der Waals surface area contributed by atoms with E-state index < -0.39 is 23.9 Å². The highest BCUT2D eigenvalue weighted by Crippen LogP contribution is 2.50. The van der Waals surface area contributed by atoms with Crippen molar-refractivity contribution < 1.29 is 15.3 Å². The summed E-state index contributed by atoms with van der Waals surface area (Å²) in [5.41, 5.74) is -1.25. The summed E-state index contributed by atoms with van der Waals surface area (Å²) in [7, 11) is 5.18. The molecule has 6 N–H and O–H groups in total. The largest absolute Gasteiger partial charge is 0.390 e. The SMILES string of the molecule is CNC1C(O)C(NC)C2(O)C(O)C(NC)C12. The van der Waals surface area contributed by atoms with E-state index in [1.165, 1.54) is 0 Å². The Morgan fingerprint density at radius 1 is 0.938 bits per heavy atom. The molecule has 2 aliphatic carbocycles. The van der Waals surface area contributed by atoms with Gasteiger partial charge in [0.1, 0.15) is 11.7 Å². The third-order valence-electron chi connectivity index (χ3n) is 4.31. The van der Waals surface area contributed by atoms with Crippen molar-refractivity contribution >= 4 is 0 Å². The van der Waals surface area contributed by atoms with E-state index >= 15 is 0 Å². The molecule has 2 saturated carbocycles. The number of likely N-dealkylation sites (N-methyl/N-ethyl adjacent to an activating group) is 3. The van der Waals surface area contributed by atoms with Gasteiger partial charge >= 0.3 is 0 Å². The zero-order valence-corrected chi connectivity index (χ0v) is 9.81. The van der Waals surface area contributed by atoms with E-state index in [4.69, 9.17) is 0 Å². The van der Waals surface area contributed by atoms with Gasteiger partial charge in [0.15, 0.2) is 0 Å². The molecule has 2 aliphatic rings. The van der Waals surface area contributed by atoms with Crippen LogP contribution in [0.5, 0.6) is 0 Å². The number of aliphatic hydroxyl groups is 3. The molecule has 6 nitrogen and oxygen atoms in total. The highest BCUT2D eigenvalue weighted by Gasteiger charge is 2.73. The van der Waals surface area contributed by atoms with Gasteiger partial charge in [-0.05, 0) is 21.1 Å². The Morgan fingerprint density at radius 3 is 1.94 bits per heavy atom. The van der Waals surface area contributed by atoms with Gasteiger partial charge in [-0.2, -0.15) is 0 Å². The third-order valence-corrected chi connectivity index (χ3v) is 4.31. The molecule has 0 amide bonds. The normalized spacial score (nSPS) is 55.9. The minimum atomic E-state index is -1.25. The highest BCUT2D eigenvalue weighted by atomic mass is 16.4. The van der Waals surface area contributed by atoms with Crippen LogP contribution in [0.1, 0.15) is 0 Å². The topological polar surface area (TPSA) is 96.8 Å². The van der Waals surface area contributed by atoms with Gasteiger partial charge in [-0.3, -0.25) is 0 Å². The van der Waals surface area contributed by atoms with Crippen molar-refractivity contribution in [3.8, 4) is 0 Å². The smallest absolute Gasteiger partial charge is 0.116 e. The van der Waals surface area contributed by atoms with Crippen molar-refractivity contribution in [1.82, 2.24) is 16.0 Å². The molecular formula is C10H21N3O3. The van der Waals surface area contributed by atoms with Crippen molar-refractivity contribution in [3.63, 3.8) is 0 Å². The molecule has 0 bridgehead atoms. The predicted molar refractivity (Wildman–Crippen MR) is 59.0 cm³/mol. The molecule has 0 saturated heterocycles. The Kier molecular flexibility index (Phi) is 2.98. The Labute approximate surface area is 95.0 Å². The zero-order valence-electron chi connectivity index (χ0n) is 9.81. The van der Waals surface area contributed by atoms with Crippen LogP contribution in [-0.2, 0) is 0 Å². The third kappa shape index (κ3) is 1.17. The maximum absolute atomic E-state index is 10.5. The molecule has 2 rings (SSSR count). The van der Waals surface area contributed by atoms with E-state index in [1.54, 1.807) is 21.1 Å². The first kappa shape index (κ1) is 12.2. The fraction of sp³-hybridized carbons (Fsp3) is 1.00. The second-order valence-electron chi connectivity index (χ2n) is 4.74. The first-order valence-electron chi connectivity index (χ1n) is 5.64. The Balaban J connectivity index is 2.31. The van der Waals surface area contributed by atoms with Gasteiger partial charge in [0.2, 0.25) is 0 Å². The Bertz CT molecular complexity index is 278. The Morgan fingerprint density at radius 2 is 1.50 bits per heavy atom. The maximum Gasteiger partial charge on any atom is 0.116 e. The van der Waals surface area contributed by atoms with E-state index in [9.17, 15) is 15.3 Å². The number of hydrogen-bond acceptors (Lipinski definition) is 6. The molecule has 6 heteroatoms. The van der Waals surface area contributed by atoms with Crippen LogP contribution < -0.4 is 16.0 Å². The first-order chi connectivity index (χ1) is 7.53. The summed E-state index contributed by atoms with van der Waals surface area (Å²) in [6, 6.07) is -0.909. The van der Waals surface area contributed by atoms with E-state index in [-0.39, 0.29) is 18.0 Å². The van der Waals surface area contributed by atoms with E-state index in [0.29, 0.717) is 0 Å². The number of hydrogen-bond donors (Lipinski definition) is 6. The van der Waals surface area contributed by atoms with Crippen molar-refractivity contribution in [2.24, 2.45) is 5.92 Å². The second kappa shape index (κ2) is 3.90. The summed E-state index contributed by atoms with van der Waals surface area (Å²) in [4.78, 5) is 0. The van der Waals surface area contributed by atoms with Crippen molar-refractivity contribution in [3.05, 3.63) is 0 Å². The zero-order chi connectivity index (χ0) is 12.1. The molecule has 0 spiro atoms. The van der Waals surface area contributed by atoms with Gasteiger partial charge in [0.25, 0.3) is 0 Å². The number of nitrogens with one attached hydrogen (secondary N) is 3. The molecule has 2 fully saturated rings. The molecule has 94 valence electrons. The number of fused-ring (bicyclic) bond motifs is 1. The molecule has 0 aromatic rings. The molecule has 0 radical (unpaired) electrons. The van der Waals surface area contributed by atoms with Crippen LogP contribution in [0.25, 0.3) is 0 Å². The van der Waals surface area contributed by atoms with Crippen molar-refractivity contribution in [1.29, 1.82) is 0 Å². The van der Waals surface area contributed by atoms with Crippen LogP contribution in [0.2, 0.25) is 0 Å². The standard InChI is InChI=1S/C10H21N3O3/c1-11-5-4-6(12-2)9(15)10(4,16)8(13-3)7(5)14/h4-9,11-16H,1-3H3. The second-order valence-corrected chi connectivity index (χ2v) is 4.74. The van der Waals surface area contributed by atoms with Gasteiger partial charge in [0.05, 0.1) is 12.1 Å². The number of aliphatic hydroxyl groups excluding tert-OH is 2. The van der Waals surface area contributed by atoms with Crippen molar-refractivity contribution in [2.45, 2.75) is 35.9 Å². The van der Waals surface area contributed by atoms with Crippen LogP contribution in [0, 0.1) is 5.92 Å². The predicted octanol–water partition coefficient (Wildman–Crippen LogP) is -3.15. The monoisotopic (exact) mass is 231 g/mol. The molecule has 7 atom stereocenters. The maximum atomic E-state index is 10.5. The summed E-state index contributed by atoms with van der Waals surface area (Å²) in [5, 5.41) is 39.5. The van der Waals surface area contributed by atoms with E-state index in [1.807, 2.05) is 0 Å². The molecule has 7 unspecified atom stereocenters. The van der Waals surface area contributed by atoms with Gasteiger partial charge in [-0.15, -0.1) is 0 Å². The summed E-state index contributed by atoms with van der Waals surface area (Å²) < 4.78 is 0. The lowest BCUT2D eigenvalue weighted by molar-refractivity contribution is -0.210. The average Bonchev–Trinajstić information content (AvgIpc) is 2.47. The van der Waals surface area contributed by atoms with E-state index in [2.05, 4.69) is 16.0 Å². The van der Waals surface area contributed by atoms with Crippen LogP contribution >= 0.6 is 0 Å². The van der Waals surface area contributed by atoms with Gasteiger partial charge in [-0.1, -0.05) is 0 Å². The van der Waals surface area contributed by atoms with Crippen LogP contribution in [0.3, 0.4) is 0 Å². The number of rotatable bonds is 3.